The van der Waals surface area contributed by atoms with Gasteiger partial charge < -0.3 is 5.11 Å². The fraction of sp³-hybridized carbons (Fsp3) is 0.182. The van der Waals surface area contributed by atoms with E-state index < -0.39 is 16.0 Å². The highest BCUT2D eigenvalue weighted by Gasteiger charge is 2.24. The van der Waals surface area contributed by atoms with Crippen molar-refractivity contribution >= 4 is 21.7 Å². The number of nitrogens with one attached hydrogen (secondary N) is 2. The molecule has 2 rings (SSSR count). The molecule has 2 aromatic rings. The lowest BCUT2D eigenvalue weighted by Gasteiger charge is -2.09. The highest BCUT2D eigenvalue weighted by Crippen LogP contribution is 2.22. The van der Waals surface area contributed by atoms with Gasteiger partial charge in [0.25, 0.3) is 10.0 Å². The van der Waals surface area contributed by atoms with Gasteiger partial charge >= 0.3 is 5.97 Å². The molecule has 0 aliphatic heterocycles. The lowest BCUT2D eigenvalue weighted by atomic mass is 10.3. The second kappa shape index (κ2) is 4.93. The molecule has 0 atom stereocenters. The van der Waals surface area contributed by atoms with Crippen molar-refractivity contribution in [1.82, 2.24) is 15.2 Å². The number of carbonyl (C=O) groups is 1. The topological polar surface area (TPSA) is 125 Å². The van der Waals surface area contributed by atoms with Gasteiger partial charge in [-0.1, -0.05) is 0 Å². The van der Waals surface area contributed by atoms with Crippen molar-refractivity contribution in [2.24, 2.45) is 0 Å². The minimum absolute atomic E-state index is 0.00214. The van der Waals surface area contributed by atoms with Crippen LogP contribution in [-0.4, -0.2) is 34.7 Å². The number of sulfonamides is 1. The number of nitrogens with zero attached hydrogens (tertiary/aromatic N) is 2. The fourth-order valence-corrected chi connectivity index (χ4v) is 3.23. The quantitative estimate of drug-likeness (QED) is 0.770. The van der Waals surface area contributed by atoms with Crippen LogP contribution >= 0.6 is 0 Å². The Labute approximate surface area is 114 Å². The van der Waals surface area contributed by atoms with E-state index >= 15 is 0 Å². The number of aryl methyl sites for hydroxylation is 2. The van der Waals surface area contributed by atoms with E-state index in [1.54, 1.807) is 13.8 Å². The first-order chi connectivity index (χ1) is 9.33. The van der Waals surface area contributed by atoms with E-state index in [0.717, 1.165) is 0 Å². The fourth-order valence-electron chi connectivity index (χ4n) is 1.79. The number of hydrogen-bond acceptors (Lipinski definition) is 5. The zero-order chi connectivity index (χ0) is 14.9. The summed E-state index contributed by atoms with van der Waals surface area (Å²) in [4.78, 5) is 14.6. The minimum atomic E-state index is -3.93. The first-order valence-electron chi connectivity index (χ1n) is 5.55. The zero-order valence-electron chi connectivity index (χ0n) is 10.7. The monoisotopic (exact) mass is 296 g/mol. The van der Waals surface area contributed by atoms with Crippen LogP contribution in [0.2, 0.25) is 0 Å². The first kappa shape index (κ1) is 14.0. The van der Waals surface area contributed by atoms with E-state index in [1.165, 1.54) is 18.3 Å². The molecular formula is C11H12N4O4S. The average molecular weight is 296 g/mol. The predicted octanol–water partition coefficient (Wildman–Crippen LogP) is 0.921. The van der Waals surface area contributed by atoms with Gasteiger partial charge in [-0.05, 0) is 26.0 Å². The molecule has 2 aromatic heterocycles. The molecule has 0 aliphatic carbocycles. The summed E-state index contributed by atoms with van der Waals surface area (Å²) in [6.07, 6.45) is 1.27. The summed E-state index contributed by atoms with van der Waals surface area (Å²) in [5.74, 6) is -1.32. The number of pyridine rings is 1. The standard InChI is InChI=1S/C11H12N4O4S/c1-6-10(7(2)14-13-6)20(18,19)15-8-4-3-5-12-9(8)11(16)17/h3-5,15H,1-2H3,(H,13,14)(H,16,17). The van der Waals surface area contributed by atoms with Gasteiger partial charge in [0.05, 0.1) is 17.1 Å². The Balaban J connectivity index is 2.47. The molecule has 106 valence electrons. The Morgan fingerprint density at radius 1 is 1.40 bits per heavy atom. The third-order valence-corrected chi connectivity index (χ3v) is 4.21. The van der Waals surface area contributed by atoms with Gasteiger partial charge in [0.1, 0.15) is 4.90 Å². The third-order valence-electron chi connectivity index (χ3n) is 2.58. The molecular weight excluding hydrogens is 284 g/mol. The smallest absolute Gasteiger partial charge is 0.356 e. The molecule has 0 saturated heterocycles. The van der Waals surface area contributed by atoms with Crippen molar-refractivity contribution < 1.29 is 18.3 Å². The van der Waals surface area contributed by atoms with Crippen molar-refractivity contribution in [2.75, 3.05) is 4.72 Å². The minimum Gasteiger partial charge on any atom is -0.476 e. The summed E-state index contributed by atoms with van der Waals surface area (Å²) in [6, 6.07) is 2.78. The number of anilines is 1. The van der Waals surface area contributed by atoms with Gasteiger partial charge in [-0.15, -0.1) is 0 Å². The van der Waals surface area contributed by atoms with Crippen LogP contribution in [0.5, 0.6) is 0 Å². The largest absolute Gasteiger partial charge is 0.476 e. The third kappa shape index (κ3) is 2.48. The van der Waals surface area contributed by atoms with Gasteiger partial charge in [0.2, 0.25) is 0 Å². The number of carboxylic acid groups (broad SMARTS) is 1. The van der Waals surface area contributed by atoms with Crippen LogP contribution < -0.4 is 4.72 Å². The van der Waals surface area contributed by atoms with E-state index in [9.17, 15) is 13.2 Å². The molecule has 0 unspecified atom stereocenters. The molecule has 3 N–H and O–H groups in total. The molecule has 0 radical (unpaired) electrons. The molecule has 9 heteroatoms. The Bertz CT molecular complexity index is 747. The van der Waals surface area contributed by atoms with E-state index in [2.05, 4.69) is 19.9 Å². The Morgan fingerprint density at radius 2 is 2.10 bits per heavy atom. The van der Waals surface area contributed by atoms with Crippen LogP contribution in [-0.2, 0) is 10.0 Å². The van der Waals surface area contributed by atoms with Crippen molar-refractivity contribution in [2.45, 2.75) is 18.7 Å². The van der Waals surface area contributed by atoms with Gasteiger partial charge in [0, 0.05) is 6.20 Å². The van der Waals surface area contributed by atoms with Gasteiger partial charge in [-0.2, -0.15) is 5.10 Å². The van der Waals surface area contributed by atoms with Crippen molar-refractivity contribution in [3.8, 4) is 0 Å². The summed E-state index contributed by atoms with van der Waals surface area (Å²) < 4.78 is 26.8. The first-order valence-corrected chi connectivity index (χ1v) is 7.04. The summed E-state index contributed by atoms with van der Waals surface area (Å²) in [6.45, 7) is 3.11. The van der Waals surface area contributed by atoms with Crippen molar-refractivity contribution in [1.29, 1.82) is 0 Å². The Hall–Kier alpha value is -2.42. The number of H-pyrrole nitrogens is 1. The van der Waals surface area contributed by atoms with Crippen LogP contribution in [0.4, 0.5) is 5.69 Å². The number of rotatable bonds is 4. The lowest BCUT2D eigenvalue weighted by Crippen LogP contribution is -2.17. The van der Waals surface area contributed by atoms with Crippen LogP contribution in [0.1, 0.15) is 21.9 Å². The predicted molar refractivity (Wildman–Crippen MR) is 70.1 cm³/mol. The molecule has 0 bridgehead atoms. The molecule has 0 amide bonds. The van der Waals surface area contributed by atoms with Crippen LogP contribution in [0, 0.1) is 13.8 Å². The molecule has 0 aromatic carbocycles. The maximum atomic E-state index is 12.3. The highest BCUT2D eigenvalue weighted by atomic mass is 32.2. The molecule has 0 spiro atoms. The second-order valence-electron chi connectivity index (χ2n) is 4.07. The number of aromatic amines is 1. The van der Waals surface area contributed by atoms with Crippen LogP contribution in [0.15, 0.2) is 23.2 Å². The molecule has 8 nitrogen and oxygen atoms in total. The van der Waals surface area contributed by atoms with E-state index in [0.29, 0.717) is 11.4 Å². The van der Waals surface area contributed by atoms with Gasteiger partial charge in [-0.25, -0.2) is 18.2 Å². The molecule has 20 heavy (non-hydrogen) atoms. The van der Waals surface area contributed by atoms with Crippen molar-refractivity contribution in [3.63, 3.8) is 0 Å². The summed E-state index contributed by atoms with van der Waals surface area (Å²) in [5, 5.41) is 15.4. The van der Waals surface area contributed by atoms with Crippen molar-refractivity contribution in [3.05, 3.63) is 35.4 Å². The van der Waals surface area contributed by atoms with Gasteiger partial charge in [-0.3, -0.25) is 9.82 Å². The Morgan fingerprint density at radius 3 is 2.65 bits per heavy atom. The number of hydrogen-bond donors (Lipinski definition) is 3. The summed E-state index contributed by atoms with van der Waals surface area (Å²) in [7, 11) is -3.93. The van der Waals surface area contributed by atoms with Crippen LogP contribution in [0.25, 0.3) is 0 Å². The SMILES string of the molecule is Cc1n[nH]c(C)c1S(=O)(=O)Nc1cccnc1C(=O)O. The van der Waals surface area contributed by atoms with Gasteiger partial charge in [0.15, 0.2) is 5.69 Å². The molecule has 0 saturated carbocycles. The number of aromatic carboxylic acids is 1. The maximum Gasteiger partial charge on any atom is 0.356 e. The van der Waals surface area contributed by atoms with Crippen LogP contribution in [0.3, 0.4) is 0 Å². The normalized spacial score (nSPS) is 11.3. The van der Waals surface area contributed by atoms with E-state index in [-0.39, 0.29) is 16.3 Å². The summed E-state index contributed by atoms with van der Waals surface area (Å²) >= 11 is 0. The maximum absolute atomic E-state index is 12.3. The van der Waals surface area contributed by atoms with E-state index in [1.807, 2.05) is 0 Å². The zero-order valence-corrected chi connectivity index (χ0v) is 11.5. The second-order valence-corrected chi connectivity index (χ2v) is 5.69. The molecule has 0 fully saturated rings. The highest BCUT2D eigenvalue weighted by molar-refractivity contribution is 7.92. The summed E-state index contributed by atoms with van der Waals surface area (Å²) in [5.41, 5.74) is 0.210. The number of aromatic nitrogens is 3. The van der Waals surface area contributed by atoms with E-state index in [4.69, 9.17) is 5.11 Å². The molecule has 2 heterocycles. The lowest BCUT2D eigenvalue weighted by molar-refractivity contribution is 0.0692. The number of carboxylic acids is 1. The molecule has 0 aliphatic rings. The Kier molecular flexibility index (Phi) is 3.45. The average Bonchev–Trinajstić information content (AvgIpc) is 2.69.